The van der Waals surface area contributed by atoms with E-state index >= 15 is 0 Å². The molecule has 6 heteroatoms. The highest BCUT2D eigenvalue weighted by atomic mass is 16.7. The minimum Gasteiger partial charge on any atom is -0.480 e. The van der Waals surface area contributed by atoms with Gasteiger partial charge in [-0.3, -0.25) is 4.79 Å². The van der Waals surface area contributed by atoms with Crippen LogP contribution in [0.1, 0.15) is 18.9 Å². The van der Waals surface area contributed by atoms with E-state index in [2.05, 4.69) is 5.32 Å². The zero-order chi connectivity index (χ0) is 13.9. The Morgan fingerprint density at radius 2 is 2.21 bits per heavy atom. The average Bonchev–Trinajstić information content (AvgIpc) is 2.84. The van der Waals surface area contributed by atoms with Gasteiger partial charge in [-0.1, -0.05) is 6.07 Å². The third kappa shape index (κ3) is 2.78. The summed E-state index contributed by atoms with van der Waals surface area (Å²) in [6.45, 7) is 1.69. The Morgan fingerprint density at radius 1 is 1.47 bits per heavy atom. The number of amides is 1. The van der Waals surface area contributed by atoms with Gasteiger partial charge in [0.15, 0.2) is 11.5 Å². The molecule has 1 atom stereocenters. The van der Waals surface area contributed by atoms with E-state index in [0.29, 0.717) is 30.8 Å². The van der Waals surface area contributed by atoms with Crippen molar-refractivity contribution in [2.45, 2.75) is 25.3 Å². The van der Waals surface area contributed by atoms with Gasteiger partial charge in [0, 0.05) is 0 Å². The predicted molar refractivity (Wildman–Crippen MR) is 66.1 cm³/mol. The number of benzene rings is 1. The number of nitrogens with one attached hydrogen (secondary N) is 1. The molecule has 6 nitrogen and oxygen atoms in total. The highest BCUT2D eigenvalue weighted by Gasteiger charge is 2.32. The lowest BCUT2D eigenvalue weighted by Crippen LogP contribution is -2.49. The number of carboxylic acid groups (broad SMARTS) is 1. The van der Waals surface area contributed by atoms with E-state index in [1.54, 1.807) is 6.07 Å². The molecule has 1 amide bonds. The van der Waals surface area contributed by atoms with Crippen LogP contribution in [0.25, 0.3) is 0 Å². The first-order valence-corrected chi connectivity index (χ1v) is 5.88. The summed E-state index contributed by atoms with van der Waals surface area (Å²) in [4.78, 5) is 21.6. The van der Waals surface area contributed by atoms with E-state index in [4.69, 9.17) is 14.6 Å². The van der Waals surface area contributed by atoms with Gasteiger partial charge >= 0.3 is 5.97 Å². The Balaban J connectivity index is 2.05. The monoisotopic (exact) mass is 265 g/mol. The average molecular weight is 265 g/mol. The third-order valence-electron chi connectivity index (χ3n) is 3.20. The fourth-order valence-corrected chi connectivity index (χ4v) is 1.86. The second-order valence-electron chi connectivity index (χ2n) is 4.59. The van der Waals surface area contributed by atoms with Crippen LogP contribution in [0, 0.1) is 0 Å². The van der Waals surface area contributed by atoms with Crippen LogP contribution in [0.2, 0.25) is 0 Å². The van der Waals surface area contributed by atoms with Gasteiger partial charge in [0.1, 0.15) is 5.54 Å². The van der Waals surface area contributed by atoms with Crippen LogP contribution in [-0.4, -0.2) is 29.8 Å². The summed E-state index contributed by atoms with van der Waals surface area (Å²) in [7, 11) is 0. The molecule has 0 aromatic heterocycles. The molecule has 1 unspecified atom stereocenters. The molecule has 1 aliphatic heterocycles. The first-order chi connectivity index (χ1) is 9.05. The SMILES string of the molecule is CC(CCc1ccc2c(c1)OCO2)(NC=O)C(=O)O. The van der Waals surface area contributed by atoms with Gasteiger partial charge in [-0.05, 0) is 37.5 Å². The molecular weight excluding hydrogens is 250 g/mol. The fourth-order valence-electron chi connectivity index (χ4n) is 1.86. The van der Waals surface area contributed by atoms with Crippen molar-refractivity contribution in [1.29, 1.82) is 0 Å². The molecule has 1 aromatic carbocycles. The second kappa shape index (κ2) is 5.17. The molecule has 0 aliphatic carbocycles. The number of carboxylic acids is 1. The molecule has 2 rings (SSSR count). The van der Waals surface area contributed by atoms with E-state index in [-0.39, 0.29) is 6.79 Å². The maximum atomic E-state index is 11.2. The summed E-state index contributed by atoms with van der Waals surface area (Å²) in [5.41, 5.74) is -0.331. The molecule has 1 aliphatic rings. The third-order valence-corrected chi connectivity index (χ3v) is 3.20. The Kier molecular flexibility index (Phi) is 3.59. The standard InChI is InChI=1S/C13H15NO5/c1-13(12(16)17,14-7-15)5-4-9-2-3-10-11(6-9)19-8-18-10/h2-3,6-7H,4-5,8H2,1H3,(H,14,15)(H,16,17). The number of carbonyl (C=O) groups excluding carboxylic acids is 1. The van der Waals surface area contributed by atoms with E-state index in [9.17, 15) is 9.59 Å². The van der Waals surface area contributed by atoms with Crippen LogP contribution in [0.15, 0.2) is 18.2 Å². The van der Waals surface area contributed by atoms with Crippen molar-refractivity contribution in [3.63, 3.8) is 0 Å². The Bertz CT molecular complexity index is 502. The molecule has 2 N–H and O–H groups in total. The van der Waals surface area contributed by atoms with Gasteiger partial charge in [0.05, 0.1) is 0 Å². The highest BCUT2D eigenvalue weighted by molar-refractivity contribution is 5.80. The highest BCUT2D eigenvalue weighted by Crippen LogP contribution is 2.33. The van der Waals surface area contributed by atoms with Gasteiger partial charge in [-0.15, -0.1) is 0 Å². The summed E-state index contributed by atoms with van der Waals surface area (Å²) in [5, 5.41) is 11.5. The van der Waals surface area contributed by atoms with E-state index in [1.165, 1.54) is 6.92 Å². The van der Waals surface area contributed by atoms with Gasteiger partial charge in [-0.25, -0.2) is 4.79 Å². The maximum absolute atomic E-state index is 11.2. The van der Waals surface area contributed by atoms with Gasteiger partial charge in [-0.2, -0.15) is 0 Å². The molecule has 0 radical (unpaired) electrons. The van der Waals surface area contributed by atoms with Crippen molar-refractivity contribution in [1.82, 2.24) is 5.32 Å². The Morgan fingerprint density at radius 3 is 2.89 bits per heavy atom. The molecule has 102 valence electrons. The molecular formula is C13H15NO5. The van der Waals surface area contributed by atoms with Crippen LogP contribution in [0.4, 0.5) is 0 Å². The van der Waals surface area contributed by atoms with Crippen LogP contribution in [-0.2, 0) is 16.0 Å². The van der Waals surface area contributed by atoms with Gasteiger partial charge < -0.3 is 19.9 Å². The fraction of sp³-hybridized carbons (Fsp3) is 0.385. The minimum absolute atomic E-state index is 0.207. The minimum atomic E-state index is -1.27. The van der Waals surface area contributed by atoms with Crippen LogP contribution in [0.5, 0.6) is 11.5 Å². The number of hydrogen-bond donors (Lipinski definition) is 2. The van der Waals surface area contributed by atoms with Crippen LogP contribution in [0.3, 0.4) is 0 Å². The van der Waals surface area contributed by atoms with Crippen molar-refractivity contribution >= 4 is 12.4 Å². The molecule has 1 aromatic rings. The van der Waals surface area contributed by atoms with Crippen LogP contribution >= 0.6 is 0 Å². The predicted octanol–water partition coefficient (Wildman–Crippen LogP) is 0.937. The smallest absolute Gasteiger partial charge is 0.329 e. The molecule has 0 spiro atoms. The first kappa shape index (κ1) is 13.2. The van der Waals surface area contributed by atoms with Gasteiger partial charge in [0.25, 0.3) is 0 Å². The van der Waals surface area contributed by atoms with E-state index < -0.39 is 11.5 Å². The molecule has 1 heterocycles. The zero-order valence-corrected chi connectivity index (χ0v) is 10.5. The van der Waals surface area contributed by atoms with Crippen molar-refractivity contribution < 1.29 is 24.2 Å². The number of aryl methyl sites for hydroxylation is 1. The van der Waals surface area contributed by atoms with E-state index in [0.717, 1.165) is 5.56 Å². The number of carbonyl (C=O) groups is 2. The maximum Gasteiger partial charge on any atom is 0.329 e. The second-order valence-corrected chi connectivity index (χ2v) is 4.59. The van der Waals surface area contributed by atoms with Crippen LogP contribution < -0.4 is 14.8 Å². The lowest BCUT2D eigenvalue weighted by molar-refractivity contribution is -0.145. The Labute approximate surface area is 110 Å². The summed E-state index contributed by atoms with van der Waals surface area (Å²) >= 11 is 0. The quantitative estimate of drug-likeness (QED) is 0.748. The summed E-state index contributed by atoms with van der Waals surface area (Å²) in [6.07, 6.45) is 1.22. The number of fused-ring (bicyclic) bond motifs is 1. The van der Waals surface area contributed by atoms with Crippen molar-refractivity contribution in [3.05, 3.63) is 23.8 Å². The lowest BCUT2D eigenvalue weighted by atomic mass is 9.93. The molecule has 0 bridgehead atoms. The topological polar surface area (TPSA) is 84.9 Å². The molecule has 0 fully saturated rings. The molecule has 0 saturated carbocycles. The first-order valence-electron chi connectivity index (χ1n) is 5.88. The number of hydrogen-bond acceptors (Lipinski definition) is 4. The normalized spacial score (nSPS) is 15.6. The number of ether oxygens (including phenoxy) is 2. The number of aliphatic carboxylic acids is 1. The largest absolute Gasteiger partial charge is 0.480 e. The van der Waals surface area contributed by atoms with Gasteiger partial charge in [0.2, 0.25) is 13.2 Å². The van der Waals surface area contributed by atoms with E-state index in [1.807, 2.05) is 12.1 Å². The summed E-state index contributed by atoms with van der Waals surface area (Å²) < 4.78 is 10.5. The molecule has 19 heavy (non-hydrogen) atoms. The number of rotatable bonds is 6. The van der Waals surface area contributed by atoms with Crippen molar-refractivity contribution in [2.75, 3.05) is 6.79 Å². The molecule has 0 saturated heterocycles. The zero-order valence-electron chi connectivity index (χ0n) is 10.5. The Hall–Kier alpha value is -2.24. The summed E-state index contributed by atoms with van der Waals surface area (Å²) in [6, 6.07) is 5.48. The summed E-state index contributed by atoms with van der Waals surface area (Å²) in [5.74, 6) is 0.300. The lowest BCUT2D eigenvalue weighted by Gasteiger charge is -2.23. The van der Waals surface area contributed by atoms with Crippen molar-refractivity contribution in [2.24, 2.45) is 0 Å². The van der Waals surface area contributed by atoms with Crippen molar-refractivity contribution in [3.8, 4) is 11.5 Å².